The zero-order valence-corrected chi connectivity index (χ0v) is 17.1. The van der Waals surface area contributed by atoms with E-state index >= 15 is 0 Å². The van der Waals surface area contributed by atoms with Gasteiger partial charge in [0.1, 0.15) is 16.8 Å². The number of hydrogen-bond donors (Lipinski definition) is 2. The van der Waals surface area contributed by atoms with Crippen molar-refractivity contribution in [2.24, 2.45) is 0 Å². The zero-order valence-electron chi connectivity index (χ0n) is 15.5. The van der Waals surface area contributed by atoms with Crippen molar-refractivity contribution in [1.29, 1.82) is 0 Å². The van der Waals surface area contributed by atoms with E-state index in [2.05, 4.69) is 9.71 Å². The Labute approximate surface area is 179 Å². The number of hydroxylamine groups is 2. The van der Waals surface area contributed by atoms with Crippen LogP contribution in [0.25, 0.3) is 0 Å². The molecule has 1 aromatic carbocycles. The second kappa shape index (κ2) is 8.83. The molecule has 2 N–H and O–H groups in total. The summed E-state index contributed by atoms with van der Waals surface area (Å²) in [7, 11) is -4.12. The second-order valence-electron chi connectivity index (χ2n) is 6.38. The molecule has 0 fully saturated rings. The number of ether oxygens (including phenoxy) is 1. The van der Waals surface area contributed by atoms with Crippen molar-refractivity contribution < 1.29 is 36.3 Å². The fraction of sp³-hybridized carbons (Fsp3) is 0.222. The van der Waals surface area contributed by atoms with E-state index in [1.165, 1.54) is 30.3 Å². The molecule has 0 radical (unpaired) electrons. The van der Waals surface area contributed by atoms with Gasteiger partial charge in [0.05, 0.1) is 17.0 Å². The lowest BCUT2D eigenvalue weighted by Gasteiger charge is -2.19. The van der Waals surface area contributed by atoms with Gasteiger partial charge in [0.15, 0.2) is 0 Å². The molecule has 8 nitrogen and oxygen atoms in total. The zero-order chi connectivity index (χ0) is 22.8. The minimum atomic E-state index is -4.61. The molecule has 13 heteroatoms. The van der Waals surface area contributed by atoms with E-state index in [0.717, 1.165) is 0 Å². The van der Waals surface area contributed by atoms with E-state index in [9.17, 15) is 31.6 Å². The molecule has 1 aromatic heterocycles. The summed E-state index contributed by atoms with van der Waals surface area (Å²) in [5.74, 6) is -1.01. The molecule has 0 saturated carbocycles. The second-order valence-corrected chi connectivity index (χ2v) is 8.50. The lowest BCUT2D eigenvalue weighted by Crippen LogP contribution is -2.46. The Morgan fingerprint density at radius 3 is 2.52 bits per heavy atom. The first-order chi connectivity index (χ1) is 14.5. The molecule has 1 unspecified atom stereocenters. The lowest BCUT2D eigenvalue weighted by atomic mass is 10.2. The predicted octanol–water partition coefficient (Wildman–Crippen LogP) is 3.37. The molecule has 0 aliphatic carbocycles. The highest BCUT2D eigenvalue weighted by atomic mass is 35.5. The van der Waals surface area contributed by atoms with Crippen molar-refractivity contribution in [3.63, 3.8) is 0 Å². The van der Waals surface area contributed by atoms with Crippen LogP contribution in [0.1, 0.15) is 12.0 Å². The van der Waals surface area contributed by atoms with Gasteiger partial charge >= 0.3 is 6.18 Å². The Bertz CT molecular complexity index is 1110. The number of aromatic nitrogens is 1. The number of alkyl halides is 3. The first-order valence-corrected chi connectivity index (χ1v) is 10.5. The number of rotatable bonds is 5. The number of nitrogens with zero attached hydrogens (tertiary/aromatic N) is 2. The van der Waals surface area contributed by atoms with Crippen LogP contribution >= 0.6 is 11.6 Å². The van der Waals surface area contributed by atoms with Gasteiger partial charge in [-0.3, -0.25) is 10.0 Å². The van der Waals surface area contributed by atoms with Crippen molar-refractivity contribution in [2.45, 2.75) is 23.5 Å². The summed E-state index contributed by atoms with van der Waals surface area (Å²) in [6.07, 6.45) is -0.890. The minimum Gasteiger partial charge on any atom is -0.438 e. The first-order valence-electron chi connectivity index (χ1n) is 8.65. The number of benzene rings is 1. The van der Waals surface area contributed by atoms with E-state index in [-0.39, 0.29) is 34.5 Å². The SMILES string of the molecule is O=C1C(NS(=O)(=O)c2ccc(Oc3ncc(C(F)(F)F)cc3Cl)cc2)CC=CCN1O. The number of hydrogen-bond acceptors (Lipinski definition) is 6. The van der Waals surface area contributed by atoms with E-state index < -0.39 is 33.7 Å². The number of sulfonamides is 1. The normalized spacial score (nSPS) is 17.5. The van der Waals surface area contributed by atoms with Gasteiger partial charge in [-0.1, -0.05) is 23.8 Å². The number of nitrogens with one attached hydrogen (secondary N) is 1. The summed E-state index contributed by atoms with van der Waals surface area (Å²) in [5, 5.41) is 9.60. The van der Waals surface area contributed by atoms with E-state index in [0.29, 0.717) is 17.3 Å². The first kappa shape index (κ1) is 23.0. The summed E-state index contributed by atoms with van der Waals surface area (Å²) in [6.45, 7) is -0.0519. The van der Waals surface area contributed by atoms with E-state index in [4.69, 9.17) is 16.3 Å². The van der Waals surface area contributed by atoms with Gasteiger partial charge in [0.2, 0.25) is 15.9 Å². The molecule has 1 atom stereocenters. The fourth-order valence-electron chi connectivity index (χ4n) is 2.59. The molecule has 0 spiro atoms. The largest absolute Gasteiger partial charge is 0.438 e. The van der Waals surface area contributed by atoms with Crippen LogP contribution in [-0.2, 0) is 21.0 Å². The van der Waals surface area contributed by atoms with Gasteiger partial charge in [-0.25, -0.2) is 18.5 Å². The molecular weight excluding hydrogens is 463 g/mol. The van der Waals surface area contributed by atoms with Crippen molar-refractivity contribution in [3.05, 3.63) is 59.3 Å². The molecule has 1 aliphatic rings. The van der Waals surface area contributed by atoms with Gasteiger partial charge in [0, 0.05) is 6.20 Å². The van der Waals surface area contributed by atoms with Crippen LogP contribution in [0, 0.1) is 0 Å². The highest BCUT2D eigenvalue weighted by molar-refractivity contribution is 7.89. The van der Waals surface area contributed by atoms with Crippen LogP contribution in [0.15, 0.2) is 53.6 Å². The summed E-state index contributed by atoms with van der Waals surface area (Å²) < 4.78 is 70.7. The van der Waals surface area contributed by atoms with Crippen molar-refractivity contribution in [1.82, 2.24) is 14.8 Å². The maximum Gasteiger partial charge on any atom is 0.417 e. The molecule has 166 valence electrons. The highest BCUT2D eigenvalue weighted by Crippen LogP contribution is 2.34. The third-order valence-electron chi connectivity index (χ3n) is 4.15. The Morgan fingerprint density at radius 1 is 1.23 bits per heavy atom. The topological polar surface area (TPSA) is 109 Å². The third-order valence-corrected chi connectivity index (χ3v) is 5.91. The number of pyridine rings is 1. The van der Waals surface area contributed by atoms with Crippen LogP contribution < -0.4 is 9.46 Å². The number of halogens is 4. The van der Waals surface area contributed by atoms with Crippen molar-refractivity contribution in [2.75, 3.05) is 6.54 Å². The quantitative estimate of drug-likeness (QED) is 0.505. The number of carbonyl (C=O) groups is 1. The van der Waals surface area contributed by atoms with Gasteiger partial charge in [-0.15, -0.1) is 0 Å². The number of amides is 1. The molecule has 1 aliphatic heterocycles. The van der Waals surface area contributed by atoms with Gasteiger partial charge in [-0.2, -0.15) is 17.9 Å². The van der Waals surface area contributed by atoms with E-state index in [1.54, 1.807) is 6.08 Å². The molecule has 3 rings (SSSR count). The Balaban J connectivity index is 1.74. The molecule has 0 bridgehead atoms. The maximum absolute atomic E-state index is 12.7. The Kier molecular flexibility index (Phi) is 6.55. The van der Waals surface area contributed by atoms with Gasteiger partial charge < -0.3 is 4.74 Å². The van der Waals surface area contributed by atoms with Crippen LogP contribution in [0.4, 0.5) is 13.2 Å². The molecule has 1 amide bonds. The third kappa shape index (κ3) is 5.53. The van der Waals surface area contributed by atoms with Crippen LogP contribution in [0.2, 0.25) is 5.02 Å². The smallest absolute Gasteiger partial charge is 0.417 e. The minimum absolute atomic E-state index is 0.0519. The Hall–Kier alpha value is -2.67. The van der Waals surface area contributed by atoms with Crippen molar-refractivity contribution in [3.8, 4) is 11.6 Å². The summed E-state index contributed by atoms with van der Waals surface area (Å²) >= 11 is 5.78. The van der Waals surface area contributed by atoms with Crippen LogP contribution in [0.3, 0.4) is 0 Å². The Morgan fingerprint density at radius 2 is 1.90 bits per heavy atom. The summed E-state index contributed by atoms with van der Waals surface area (Å²) in [5.41, 5.74) is -1.04. The monoisotopic (exact) mass is 477 g/mol. The van der Waals surface area contributed by atoms with Crippen LogP contribution in [-0.4, -0.2) is 42.2 Å². The predicted molar refractivity (Wildman–Crippen MR) is 102 cm³/mol. The maximum atomic E-state index is 12.7. The summed E-state index contributed by atoms with van der Waals surface area (Å²) in [4.78, 5) is 15.4. The van der Waals surface area contributed by atoms with Gasteiger partial charge in [0.25, 0.3) is 5.91 Å². The lowest BCUT2D eigenvalue weighted by molar-refractivity contribution is -0.164. The van der Waals surface area contributed by atoms with Crippen LogP contribution in [0.5, 0.6) is 11.6 Å². The van der Waals surface area contributed by atoms with Crippen molar-refractivity contribution >= 4 is 27.5 Å². The van der Waals surface area contributed by atoms with E-state index in [1.807, 2.05) is 0 Å². The van der Waals surface area contributed by atoms with Gasteiger partial charge in [-0.05, 0) is 36.8 Å². The molecular formula is C18H15ClF3N3O5S. The molecule has 31 heavy (non-hydrogen) atoms. The summed E-state index contributed by atoms with van der Waals surface area (Å²) in [6, 6.07) is 4.32. The molecule has 0 saturated heterocycles. The highest BCUT2D eigenvalue weighted by Gasteiger charge is 2.32. The molecule has 2 heterocycles. The average molecular weight is 478 g/mol. The standard InChI is InChI=1S/C18H15ClF3N3O5S/c19-14-9-11(18(20,21)22)10-23-16(14)30-12-4-6-13(7-5-12)31(28,29)24-15-3-1-2-8-25(27)17(15)26/h1-2,4-7,9-10,15,24,27H,3,8H2. The average Bonchev–Trinajstić information content (AvgIpc) is 2.84. The molecule has 2 aromatic rings. The number of carbonyl (C=O) groups excluding carboxylic acids is 1. The fourth-order valence-corrected chi connectivity index (χ4v) is 3.99.